The van der Waals surface area contributed by atoms with E-state index in [1.54, 1.807) is 0 Å². The number of hydrogen-bond acceptors (Lipinski definition) is 5. The molecule has 3 heterocycles. The molecule has 2 bridgehead atoms. The van der Waals surface area contributed by atoms with Gasteiger partial charge < -0.3 is 20.6 Å². The second kappa shape index (κ2) is 9.34. The molecule has 0 aromatic heterocycles. The highest BCUT2D eigenvalue weighted by atomic mass is 29.6. The van der Waals surface area contributed by atoms with Crippen molar-refractivity contribution >= 4 is 52.6 Å². The molecule has 0 atom stereocenters. The van der Waals surface area contributed by atoms with Crippen LogP contribution in [0.4, 0.5) is 0 Å². The molecule has 0 N–H and O–H groups in total. The van der Waals surface area contributed by atoms with Gasteiger partial charge in [-0.25, -0.2) is 0 Å². The molecule has 0 unspecified atom stereocenters. The molecule has 5 nitrogen and oxygen atoms in total. The minimum absolute atomic E-state index is 0.887. The van der Waals surface area contributed by atoms with Gasteiger partial charge in [-0.05, 0) is 24.2 Å². The first-order chi connectivity index (χ1) is 11.7. The zero-order chi connectivity index (χ0) is 17.0. The fourth-order valence-corrected chi connectivity index (χ4v) is 40.5. The van der Waals surface area contributed by atoms with Crippen LogP contribution in [0.3, 0.4) is 0 Å². The summed E-state index contributed by atoms with van der Waals surface area (Å²) in [5.41, 5.74) is 0. The molecular formula is C13H29O5Si6. The van der Waals surface area contributed by atoms with E-state index in [2.05, 4.69) is 20.8 Å². The second-order valence-corrected chi connectivity index (χ2v) is 25.9. The van der Waals surface area contributed by atoms with Crippen LogP contribution in [-0.4, -0.2) is 52.6 Å². The standard InChI is InChI=1S/C13H29O5Si6/c1-4-9-19-14-21-11-7-8-12-22-15-20(10-5-2)17-24(16-19,13-6-3)18-23(21)22/h4-13H2,1-3H3. The lowest BCUT2D eigenvalue weighted by Crippen LogP contribution is -2.55. The molecule has 24 heavy (non-hydrogen) atoms. The Bertz CT molecular complexity index is 377. The third-order valence-electron chi connectivity index (χ3n) is 4.30. The Morgan fingerprint density at radius 1 is 0.750 bits per heavy atom. The van der Waals surface area contributed by atoms with E-state index in [-0.39, 0.29) is 0 Å². The van der Waals surface area contributed by atoms with E-state index in [1.165, 1.54) is 24.9 Å². The predicted molar refractivity (Wildman–Crippen MR) is 104 cm³/mol. The van der Waals surface area contributed by atoms with Crippen LogP contribution in [0.25, 0.3) is 0 Å². The molecule has 0 spiro atoms. The summed E-state index contributed by atoms with van der Waals surface area (Å²) in [7, 11) is -7.81. The Balaban J connectivity index is 1.91. The molecule has 135 valence electrons. The molecule has 3 saturated heterocycles. The van der Waals surface area contributed by atoms with Gasteiger partial charge in [-0.2, -0.15) is 0 Å². The predicted octanol–water partition coefficient (Wildman–Crippen LogP) is 3.17. The van der Waals surface area contributed by atoms with E-state index >= 15 is 0 Å². The first-order valence-corrected chi connectivity index (χ1v) is 21.0. The van der Waals surface area contributed by atoms with E-state index in [0.29, 0.717) is 0 Å². The van der Waals surface area contributed by atoms with Gasteiger partial charge in [0.25, 0.3) is 0 Å². The summed E-state index contributed by atoms with van der Waals surface area (Å²) in [6.07, 6.45) is 5.91. The normalized spacial score (nSPS) is 27.6. The molecule has 5 radical (unpaired) electrons. The zero-order valence-corrected chi connectivity index (χ0v) is 21.1. The number of rotatable bonds is 6. The van der Waals surface area contributed by atoms with Gasteiger partial charge in [0.05, 0.1) is 0 Å². The van der Waals surface area contributed by atoms with Crippen molar-refractivity contribution in [3.05, 3.63) is 0 Å². The Labute approximate surface area is 156 Å². The van der Waals surface area contributed by atoms with Crippen LogP contribution in [0.15, 0.2) is 0 Å². The summed E-state index contributed by atoms with van der Waals surface area (Å²) in [6.45, 7) is 6.68. The number of fused-ring (bicyclic) bond motifs is 1. The van der Waals surface area contributed by atoms with Crippen LogP contribution in [0.5, 0.6) is 0 Å². The van der Waals surface area contributed by atoms with Gasteiger partial charge >= 0.3 is 27.4 Å². The maximum Gasteiger partial charge on any atom is 0.472 e. The van der Waals surface area contributed by atoms with Crippen LogP contribution in [0.1, 0.15) is 52.9 Å². The molecule has 0 aromatic carbocycles. The lowest BCUT2D eigenvalue weighted by Gasteiger charge is -2.31. The molecule has 0 amide bonds. The van der Waals surface area contributed by atoms with Crippen LogP contribution in [0.2, 0.25) is 30.2 Å². The van der Waals surface area contributed by atoms with Crippen LogP contribution in [-0.2, 0) is 20.6 Å². The zero-order valence-electron chi connectivity index (χ0n) is 15.1. The maximum atomic E-state index is 6.89. The minimum Gasteiger partial charge on any atom is -0.435 e. The second-order valence-electron chi connectivity index (χ2n) is 6.57. The molecule has 0 saturated carbocycles. The van der Waals surface area contributed by atoms with Gasteiger partial charge in [-0.3, -0.25) is 0 Å². The fraction of sp³-hybridized carbons (Fsp3) is 1.00. The Hall–Kier alpha value is 1.10. The van der Waals surface area contributed by atoms with Gasteiger partial charge in [-0.15, -0.1) is 0 Å². The van der Waals surface area contributed by atoms with Crippen molar-refractivity contribution in [2.75, 3.05) is 0 Å². The third-order valence-corrected chi connectivity index (χ3v) is 33.3. The van der Waals surface area contributed by atoms with Crippen molar-refractivity contribution < 1.29 is 20.6 Å². The summed E-state index contributed by atoms with van der Waals surface area (Å²) in [5.74, 6) is 0. The van der Waals surface area contributed by atoms with E-state index in [4.69, 9.17) is 20.6 Å². The fourth-order valence-electron chi connectivity index (χ4n) is 3.22. The topological polar surface area (TPSA) is 46.2 Å². The van der Waals surface area contributed by atoms with Crippen molar-refractivity contribution in [3.8, 4) is 0 Å². The van der Waals surface area contributed by atoms with Crippen molar-refractivity contribution in [1.82, 2.24) is 0 Å². The maximum absolute atomic E-state index is 6.89. The van der Waals surface area contributed by atoms with Gasteiger partial charge in [-0.1, -0.05) is 52.9 Å². The first kappa shape index (κ1) is 19.9. The van der Waals surface area contributed by atoms with Crippen molar-refractivity contribution in [2.24, 2.45) is 0 Å². The highest BCUT2D eigenvalue weighted by Gasteiger charge is 2.59. The van der Waals surface area contributed by atoms with E-state index in [1.807, 2.05) is 0 Å². The van der Waals surface area contributed by atoms with E-state index < -0.39 is 52.6 Å². The quantitative estimate of drug-likeness (QED) is 0.602. The van der Waals surface area contributed by atoms with Crippen LogP contribution in [0, 0.1) is 0 Å². The average molecular weight is 434 g/mol. The molecular weight excluding hydrogens is 405 g/mol. The van der Waals surface area contributed by atoms with Gasteiger partial charge in [0.15, 0.2) is 0 Å². The highest BCUT2D eigenvalue weighted by Crippen LogP contribution is 2.34. The van der Waals surface area contributed by atoms with Gasteiger partial charge in [0.2, 0.25) is 25.2 Å². The summed E-state index contributed by atoms with van der Waals surface area (Å²) in [6, 6.07) is 5.57. The third kappa shape index (κ3) is 4.68. The van der Waals surface area contributed by atoms with Crippen LogP contribution >= 0.6 is 0 Å². The lowest BCUT2D eigenvalue weighted by atomic mass is 10.4. The Kier molecular flexibility index (Phi) is 7.73. The summed E-state index contributed by atoms with van der Waals surface area (Å²) in [5, 5.41) is 0. The first-order valence-electron chi connectivity index (χ1n) is 9.43. The monoisotopic (exact) mass is 433 g/mol. The number of hydrogen-bond donors (Lipinski definition) is 0. The smallest absolute Gasteiger partial charge is 0.435 e. The van der Waals surface area contributed by atoms with Crippen LogP contribution < -0.4 is 0 Å². The summed E-state index contributed by atoms with van der Waals surface area (Å²) >= 11 is 0. The minimum atomic E-state index is -2.59. The van der Waals surface area contributed by atoms with E-state index in [9.17, 15) is 0 Å². The van der Waals surface area contributed by atoms with Crippen molar-refractivity contribution in [1.29, 1.82) is 0 Å². The van der Waals surface area contributed by atoms with Crippen molar-refractivity contribution in [2.45, 2.75) is 83.1 Å². The molecule has 3 aliphatic rings. The lowest BCUT2D eigenvalue weighted by molar-refractivity contribution is 0.242. The Morgan fingerprint density at radius 2 is 1.29 bits per heavy atom. The largest absolute Gasteiger partial charge is 0.472 e. The van der Waals surface area contributed by atoms with E-state index in [0.717, 1.165) is 37.4 Å². The van der Waals surface area contributed by atoms with Gasteiger partial charge in [0, 0.05) is 6.04 Å². The SMILES string of the molecule is CCC[Si]1O[Si]2CCCC[Si]3O[Si](CCC)O[Si](CCC)(O1)O[Si]23. The molecule has 3 rings (SSSR count). The summed E-state index contributed by atoms with van der Waals surface area (Å²) in [4.78, 5) is 0. The summed E-state index contributed by atoms with van der Waals surface area (Å²) < 4.78 is 33.5. The van der Waals surface area contributed by atoms with Gasteiger partial charge in [0.1, 0.15) is 0 Å². The molecule has 3 fully saturated rings. The molecule has 0 aliphatic carbocycles. The Morgan fingerprint density at radius 3 is 1.75 bits per heavy atom. The highest BCUT2D eigenvalue weighted by molar-refractivity contribution is 7.47. The average Bonchev–Trinajstić information content (AvgIpc) is 2.85. The molecule has 11 heteroatoms. The van der Waals surface area contributed by atoms with Crippen molar-refractivity contribution in [3.63, 3.8) is 0 Å². The molecule has 3 aliphatic heterocycles. The molecule has 0 aromatic rings.